The molecule has 0 nitrogen and oxygen atoms in total. The summed E-state index contributed by atoms with van der Waals surface area (Å²) in [4.78, 5) is 0. The van der Waals surface area contributed by atoms with E-state index < -0.39 is 0 Å². The zero-order valence-corrected chi connectivity index (χ0v) is 16.9. The highest BCUT2D eigenvalue weighted by atomic mass is 19.1. The van der Waals surface area contributed by atoms with Crippen molar-refractivity contribution in [3.8, 4) is 0 Å². The van der Waals surface area contributed by atoms with Crippen LogP contribution in [0.4, 0.5) is 4.39 Å². The number of rotatable bonds is 7. The monoisotopic (exact) mass is 356 g/mol. The highest BCUT2D eigenvalue weighted by Gasteiger charge is 2.28. The van der Waals surface area contributed by atoms with Crippen molar-refractivity contribution in [2.45, 2.75) is 90.9 Å². The van der Waals surface area contributed by atoms with Crippen LogP contribution in [0, 0.1) is 30.5 Å². The van der Waals surface area contributed by atoms with Crippen LogP contribution in [-0.4, -0.2) is 0 Å². The van der Waals surface area contributed by atoms with Crippen LogP contribution in [0.25, 0.3) is 0 Å². The highest BCUT2D eigenvalue weighted by Crippen LogP contribution is 2.41. The fourth-order valence-electron chi connectivity index (χ4n) is 5.10. The molecule has 1 aromatic rings. The summed E-state index contributed by atoms with van der Waals surface area (Å²) >= 11 is 0. The van der Waals surface area contributed by atoms with E-state index in [1.165, 1.54) is 64.2 Å². The molecule has 0 aliphatic heterocycles. The number of aryl methyl sites for hydroxylation is 2. The van der Waals surface area contributed by atoms with Crippen LogP contribution in [0.5, 0.6) is 0 Å². The molecular formula is C25H37F. The van der Waals surface area contributed by atoms with Crippen LogP contribution in [0.2, 0.25) is 0 Å². The lowest BCUT2D eigenvalue weighted by Gasteiger charge is -2.35. The van der Waals surface area contributed by atoms with E-state index in [2.05, 4.69) is 19.1 Å². The van der Waals surface area contributed by atoms with Crippen LogP contribution in [0.15, 0.2) is 29.8 Å². The van der Waals surface area contributed by atoms with Gasteiger partial charge in [-0.3, -0.25) is 0 Å². The van der Waals surface area contributed by atoms with Gasteiger partial charge in [-0.05, 0) is 86.8 Å². The Kier molecular flexibility index (Phi) is 7.34. The van der Waals surface area contributed by atoms with Gasteiger partial charge in [-0.1, -0.05) is 62.8 Å². The highest BCUT2D eigenvalue weighted by molar-refractivity contribution is 5.24. The van der Waals surface area contributed by atoms with Crippen molar-refractivity contribution >= 4 is 0 Å². The lowest BCUT2D eigenvalue weighted by molar-refractivity contribution is 0.185. The molecule has 144 valence electrons. The first-order valence-electron chi connectivity index (χ1n) is 11.1. The molecule has 1 heteroatoms. The van der Waals surface area contributed by atoms with E-state index in [1.807, 2.05) is 13.0 Å². The Morgan fingerprint density at radius 1 is 1.00 bits per heavy atom. The minimum absolute atomic E-state index is 0.0604. The Morgan fingerprint density at radius 3 is 2.46 bits per heavy atom. The molecule has 1 aromatic carbocycles. The van der Waals surface area contributed by atoms with Gasteiger partial charge in [-0.25, -0.2) is 4.39 Å². The molecule has 0 radical (unpaired) electrons. The van der Waals surface area contributed by atoms with Crippen molar-refractivity contribution in [2.24, 2.45) is 17.8 Å². The van der Waals surface area contributed by atoms with E-state index >= 15 is 0 Å². The van der Waals surface area contributed by atoms with Gasteiger partial charge in [-0.2, -0.15) is 0 Å². The molecule has 0 spiro atoms. The van der Waals surface area contributed by atoms with Crippen molar-refractivity contribution in [2.75, 3.05) is 0 Å². The quantitative estimate of drug-likeness (QED) is 0.437. The number of hydrogen-bond acceptors (Lipinski definition) is 0. The lowest BCUT2D eigenvalue weighted by atomic mass is 9.70. The van der Waals surface area contributed by atoms with Gasteiger partial charge in [0.1, 0.15) is 5.82 Å². The second-order valence-corrected chi connectivity index (χ2v) is 8.90. The Hall–Kier alpha value is -1.11. The van der Waals surface area contributed by atoms with Crippen LogP contribution in [-0.2, 0) is 6.42 Å². The van der Waals surface area contributed by atoms with Gasteiger partial charge in [0.05, 0.1) is 0 Å². The summed E-state index contributed by atoms with van der Waals surface area (Å²) in [6.45, 7) is 4.15. The molecule has 0 amide bonds. The maximum atomic E-state index is 13.7. The molecule has 0 saturated heterocycles. The maximum Gasteiger partial charge on any atom is 0.126 e. The standard InChI is InChI=1S/C25H37F/c1-3-4-5-20-10-14-23(15-11-20)24-16-12-21(13-17-24)8-9-22-7-6-19(2)25(26)18-22/h6-7,12,18,20,23-24H,3-5,8-11,13-17H2,1-2H3. The summed E-state index contributed by atoms with van der Waals surface area (Å²) in [6.07, 6.45) is 18.7. The third-order valence-corrected chi connectivity index (χ3v) is 7.04. The molecule has 1 fully saturated rings. The summed E-state index contributed by atoms with van der Waals surface area (Å²) in [5.74, 6) is 2.88. The van der Waals surface area contributed by atoms with E-state index in [0.29, 0.717) is 0 Å². The summed E-state index contributed by atoms with van der Waals surface area (Å²) in [5.41, 5.74) is 3.50. The molecule has 26 heavy (non-hydrogen) atoms. The van der Waals surface area contributed by atoms with Gasteiger partial charge < -0.3 is 0 Å². The van der Waals surface area contributed by atoms with E-state index in [9.17, 15) is 4.39 Å². The first-order valence-corrected chi connectivity index (χ1v) is 11.1. The van der Waals surface area contributed by atoms with Crippen molar-refractivity contribution < 1.29 is 4.39 Å². The Morgan fingerprint density at radius 2 is 1.81 bits per heavy atom. The number of allylic oxidation sites excluding steroid dienone is 2. The van der Waals surface area contributed by atoms with Crippen molar-refractivity contribution in [3.63, 3.8) is 0 Å². The molecule has 1 unspecified atom stereocenters. The number of unbranched alkanes of at least 4 members (excludes halogenated alkanes) is 1. The lowest BCUT2D eigenvalue weighted by Crippen LogP contribution is -2.23. The second kappa shape index (κ2) is 9.72. The van der Waals surface area contributed by atoms with Crippen molar-refractivity contribution in [3.05, 3.63) is 46.8 Å². The average Bonchev–Trinajstić information content (AvgIpc) is 2.68. The van der Waals surface area contributed by atoms with Gasteiger partial charge in [0.25, 0.3) is 0 Å². The van der Waals surface area contributed by atoms with Crippen molar-refractivity contribution in [1.29, 1.82) is 0 Å². The summed E-state index contributed by atoms with van der Waals surface area (Å²) < 4.78 is 13.7. The van der Waals surface area contributed by atoms with E-state index in [0.717, 1.165) is 41.7 Å². The Bertz CT molecular complexity index is 592. The zero-order chi connectivity index (χ0) is 18.4. The fraction of sp³-hybridized carbons (Fsp3) is 0.680. The van der Waals surface area contributed by atoms with Gasteiger partial charge in [0.15, 0.2) is 0 Å². The third-order valence-electron chi connectivity index (χ3n) is 7.04. The smallest absolute Gasteiger partial charge is 0.126 e. The van der Waals surface area contributed by atoms with Crippen LogP contribution in [0.1, 0.15) is 88.7 Å². The van der Waals surface area contributed by atoms with E-state index in [-0.39, 0.29) is 5.82 Å². The molecule has 0 N–H and O–H groups in total. The van der Waals surface area contributed by atoms with Gasteiger partial charge in [0.2, 0.25) is 0 Å². The molecule has 2 aliphatic rings. The van der Waals surface area contributed by atoms with E-state index in [4.69, 9.17) is 0 Å². The summed E-state index contributed by atoms with van der Waals surface area (Å²) in [7, 11) is 0. The molecule has 2 aliphatic carbocycles. The molecule has 0 bridgehead atoms. The molecule has 1 saturated carbocycles. The third kappa shape index (κ3) is 5.44. The van der Waals surface area contributed by atoms with Gasteiger partial charge in [-0.15, -0.1) is 0 Å². The minimum atomic E-state index is -0.0604. The topological polar surface area (TPSA) is 0 Å². The predicted molar refractivity (Wildman–Crippen MR) is 110 cm³/mol. The molecule has 1 atom stereocenters. The molecule has 0 heterocycles. The number of benzene rings is 1. The number of hydrogen-bond donors (Lipinski definition) is 0. The zero-order valence-electron chi connectivity index (χ0n) is 16.9. The SMILES string of the molecule is CCCCC1CCC(C2CC=C(CCc3ccc(C)c(F)c3)CC2)CC1. The summed E-state index contributed by atoms with van der Waals surface area (Å²) in [6, 6.07) is 5.72. The normalized spacial score (nSPS) is 26.6. The molecular weight excluding hydrogens is 319 g/mol. The van der Waals surface area contributed by atoms with Crippen LogP contribution < -0.4 is 0 Å². The first kappa shape index (κ1) is 19.6. The van der Waals surface area contributed by atoms with Crippen molar-refractivity contribution in [1.82, 2.24) is 0 Å². The predicted octanol–water partition coefficient (Wildman–Crippen LogP) is 7.79. The average molecular weight is 357 g/mol. The van der Waals surface area contributed by atoms with Crippen LogP contribution in [0.3, 0.4) is 0 Å². The minimum Gasteiger partial charge on any atom is -0.207 e. The Balaban J connectivity index is 1.41. The van der Waals surface area contributed by atoms with E-state index in [1.54, 1.807) is 11.6 Å². The van der Waals surface area contributed by atoms with Gasteiger partial charge >= 0.3 is 0 Å². The largest absolute Gasteiger partial charge is 0.207 e. The van der Waals surface area contributed by atoms with Gasteiger partial charge in [0, 0.05) is 0 Å². The summed E-state index contributed by atoms with van der Waals surface area (Å²) in [5, 5.41) is 0. The molecule has 0 aromatic heterocycles. The maximum absolute atomic E-state index is 13.7. The second-order valence-electron chi connectivity index (χ2n) is 8.90. The van der Waals surface area contributed by atoms with Crippen LogP contribution >= 0.6 is 0 Å². The Labute approximate surface area is 160 Å². The number of halogens is 1. The first-order chi connectivity index (χ1) is 12.7. The molecule has 3 rings (SSSR count). The fourth-order valence-corrected chi connectivity index (χ4v) is 5.10.